The zero-order valence-electron chi connectivity index (χ0n) is 15.9. The van der Waals surface area contributed by atoms with Crippen LogP contribution in [0.15, 0.2) is 30.3 Å². The van der Waals surface area contributed by atoms with Gasteiger partial charge in [0.2, 0.25) is 17.7 Å². The minimum absolute atomic E-state index is 0.0749. The van der Waals surface area contributed by atoms with Gasteiger partial charge in [-0.1, -0.05) is 44.2 Å². The molecule has 1 aromatic carbocycles. The predicted molar refractivity (Wildman–Crippen MR) is 105 cm³/mol. The van der Waals surface area contributed by atoms with E-state index < -0.39 is 42.3 Å². The van der Waals surface area contributed by atoms with E-state index in [-0.39, 0.29) is 18.2 Å². The molecule has 1 rings (SSSR count). The maximum atomic E-state index is 12.8. The molecule has 0 aliphatic heterocycles. The molecule has 0 saturated heterocycles. The van der Waals surface area contributed by atoms with Gasteiger partial charge in [-0.25, -0.2) is 0 Å². The van der Waals surface area contributed by atoms with E-state index in [1.807, 2.05) is 44.2 Å². The lowest BCUT2D eigenvalue weighted by molar-refractivity contribution is -0.138. The topological polar surface area (TPSA) is 125 Å². The van der Waals surface area contributed by atoms with Gasteiger partial charge in [-0.2, -0.15) is 0 Å². The number of hydrogen-bond acceptors (Lipinski definition) is 4. The van der Waals surface area contributed by atoms with Crippen molar-refractivity contribution in [3.63, 3.8) is 0 Å². The summed E-state index contributed by atoms with van der Waals surface area (Å²) >= 11 is 5.54. The number of alkyl halides is 1. The smallest absolute Gasteiger partial charge is 0.322 e. The molecule has 8 nitrogen and oxygen atoms in total. The Hall–Kier alpha value is -2.61. The normalized spacial score (nSPS) is 12.7. The van der Waals surface area contributed by atoms with Crippen LogP contribution in [-0.4, -0.2) is 53.3 Å². The van der Waals surface area contributed by atoms with Crippen LogP contribution in [0.1, 0.15) is 25.8 Å². The minimum Gasteiger partial charge on any atom is -0.480 e. The zero-order chi connectivity index (χ0) is 21.1. The first-order chi connectivity index (χ1) is 13.2. The van der Waals surface area contributed by atoms with Crippen molar-refractivity contribution in [3.8, 4) is 0 Å². The summed E-state index contributed by atoms with van der Waals surface area (Å²) in [6, 6.07) is 7.26. The number of benzene rings is 1. The predicted octanol–water partition coefficient (Wildman–Crippen LogP) is 0.684. The molecule has 4 N–H and O–H groups in total. The van der Waals surface area contributed by atoms with Crippen LogP contribution in [0.3, 0.4) is 0 Å². The molecule has 0 heterocycles. The molecule has 3 amide bonds. The summed E-state index contributed by atoms with van der Waals surface area (Å²) in [5.41, 5.74) is 0.827. The van der Waals surface area contributed by atoms with Gasteiger partial charge in [-0.05, 0) is 17.9 Å². The van der Waals surface area contributed by atoms with Crippen LogP contribution < -0.4 is 16.0 Å². The Bertz CT molecular complexity index is 681. The number of carbonyl (C=O) groups is 4. The highest BCUT2D eigenvalue weighted by Gasteiger charge is 2.27. The van der Waals surface area contributed by atoms with Crippen LogP contribution in [0.25, 0.3) is 0 Å². The molecule has 9 heteroatoms. The molecule has 1 aromatic rings. The molecule has 0 unspecified atom stereocenters. The fourth-order valence-corrected chi connectivity index (χ4v) is 2.63. The molecule has 0 bridgehead atoms. The summed E-state index contributed by atoms with van der Waals surface area (Å²) < 4.78 is 0. The molecule has 154 valence electrons. The van der Waals surface area contributed by atoms with Crippen molar-refractivity contribution in [2.24, 2.45) is 5.92 Å². The van der Waals surface area contributed by atoms with Gasteiger partial charge in [0.05, 0.1) is 0 Å². The van der Waals surface area contributed by atoms with E-state index in [1.54, 1.807) is 0 Å². The van der Waals surface area contributed by atoms with Crippen molar-refractivity contribution in [1.29, 1.82) is 0 Å². The molecule has 0 aromatic heterocycles. The minimum atomic E-state index is -1.18. The van der Waals surface area contributed by atoms with Crippen LogP contribution in [0.4, 0.5) is 0 Å². The number of hydrogen-bond donors (Lipinski definition) is 4. The number of carbonyl (C=O) groups excluding carboxylic acids is 3. The Balaban J connectivity index is 2.90. The Kier molecular flexibility index (Phi) is 10.0. The molecule has 2 atom stereocenters. The van der Waals surface area contributed by atoms with E-state index in [0.29, 0.717) is 6.42 Å². The van der Waals surface area contributed by atoms with Crippen LogP contribution in [0, 0.1) is 5.92 Å². The van der Waals surface area contributed by atoms with Crippen LogP contribution in [0.5, 0.6) is 0 Å². The van der Waals surface area contributed by atoms with Gasteiger partial charge in [0.1, 0.15) is 24.5 Å². The maximum absolute atomic E-state index is 12.8. The highest BCUT2D eigenvalue weighted by atomic mass is 35.5. The van der Waals surface area contributed by atoms with E-state index in [1.165, 1.54) is 0 Å². The van der Waals surface area contributed by atoms with E-state index in [9.17, 15) is 19.2 Å². The summed E-state index contributed by atoms with van der Waals surface area (Å²) in [6.07, 6.45) is 0.541. The second-order valence-electron chi connectivity index (χ2n) is 6.75. The summed E-state index contributed by atoms with van der Waals surface area (Å²) in [4.78, 5) is 47.4. The van der Waals surface area contributed by atoms with Gasteiger partial charge in [0.15, 0.2) is 0 Å². The second kappa shape index (κ2) is 12.0. The van der Waals surface area contributed by atoms with Crippen molar-refractivity contribution in [3.05, 3.63) is 35.9 Å². The van der Waals surface area contributed by atoms with Gasteiger partial charge >= 0.3 is 5.97 Å². The standard InChI is InChI=1S/C19H26ClN3O5/c1-12(2)8-14(18(27)21-11-17(25)26)23-19(28)15(22-16(24)10-20)9-13-6-4-3-5-7-13/h3-7,12,14-15H,8-11H2,1-2H3,(H,21,27)(H,22,24)(H,23,28)(H,25,26)/t14-,15-/m0/s1. The number of nitrogens with one attached hydrogen (secondary N) is 3. The van der Waals surface area contributed by atoms with Gasteiger partial charge in [0, 0.05) is 6.42 Å². The Morgan fingerprint density at radius 3 is 2.18 bits per heavy atom. The quantitative estimate of drug-likeness (QED) is 0.399. The molecule has 28 heavy (non-hydrogen) atoms. The Labute approximate surface area is 169 Å². The number of halogens is 1. The van der Waals surface area contributed by atoms with Gasteiger partial charge < -0.3 is 21.1 Å². The lowest BCUT2D eigenvalue weighted by Crippen LogP contribution is -2.55. The van der Waals surface area contributed by atoms with Crippen molar-refractivity contribution < 1.29 is 24.3 Å². The highest BCUT2D eigenvalue weighted by molar-refractivity contribution is 6.27. The third kappa shape index (κ3) is 8.85. The van der Waals surface area contributed by atoms with Crippen molar-refractivity contribution in [1.82, 2.24) is 16.0 Å². The second-order valence-corrected chi connectivity index (χ2v) is 7.01. The number of carboxylic acids is 1. The first kappa shape index (κ1) is 23.4. The molecule has 0 fully saturated rings. The van der Waals surface area contributed by atoms with Gasteiger partial charge in [-0.15, -0.1) is 11.6 Å². The van der Waals surface area contributed by atoms with Crippen LogP contribution >= 0.6 is 11.6 Å². The fourth-order valence-electron chi connectivity index (χ4n) is 2.55. The average Bonchev–Trinajstić information content (AvgIpc) is 2.65. The first-order valence-electron chi connectivity index (χ1n) is 8.92. The van der Waals surface area contributed by atoms with Crippen molar-refractivity contribution in [2.75, 3.05) is 12.4 Å². The molecule has 0 saturated carbocycles. The third-order valence-corrected chi connectivity index (χ3v) is 4.05. The van der Waals surface area contributed by atoms with Gasteiger partial charge in [-0.3, -0.25) is 19.2 Å². The van der Waals surface area contributed by atoms with Crippen molar-refractivity contribution in [2.45, 2.75) is 38.8 Å². The molecule has 0 aliphatic rings. The summed E-state index contributed by atoms with van der Waals surface area (Å²) in [5.74, 6) is -3.05. The lowest BCUT2D eigenvalue weighted by Gasteiger charge is -2.24. The zero-order valence-corrected chi connectivity index (χ0v) is 16.7. The molecular weight excluding hydrogens is 386 g/mol. The van der Waals surface area contributed by atoms with E-state index in [4.69, 9.17) is 16.7 Å². The average molecular weight is 412 g/mol. The van der Waals surface area contributed by atoms with Crippen molar-refractivity contribution >= 4 is 35.3 Å². The largest absolute Gasteiger partial charge is 0.480 e. The first-order valence-corrected chi connectivity index (χ1v) is 9.45. The number of rotatable bonds is 11. The van der Waals surface area contributed by atoms with Crippen LogP contribution in [-0.2, 0) is 25.6 Å². The lowest BCUT2D eigenvalue weighted by atomic mass is 10.0. The van der Waals surface area contributed by atoms with E-state index in [2.05, 4.69) is 16.0 Å². The monoisotopic (exact) mass is 411 g/mol. The maximum Gasteiger partial charge on any atom is 0.322 e. The van der Waals surface area contributed by atoms with Gasteiger partial charge in [0.25, 0.3) is 0 Å². The molecular formula is C19H26ClN3O5. The fraction of sp³-hybridized carbons (Fsp3) is 0.474. The Morgan fingerprint density at radius 1 is 1.00 bits per heavy atom. The number of aliphatic carboxylic acids is 1. The third-order valence-electron chi connectivity index (χ3n) is 3.81. The number of amides is 3. The summed E-state index contributed by atoms with van der Waals surface area (Å²) in [5, 5.41) is 16.2. The Morgan fingerprint density at radius 2 is 1.64 bits per heavy atom. The molecule has 0 aliphatic carbocycles. The molecule has 0 radical (unpaired) electrons. The summed E-state index contributed by atoms with van der Waals surface area (Å²) in [7, 11) is 0. The number of carboxylic acid groups (broad SMARTS) is 1. The van der Waals surface area contributed by atoms with Crippen LogP contribution in [0.2, 0.25) is 0 Å². The highest BCUT2D eigenvalue weighted by Crippen LogP contribution is 2.08. The molecule has 0 spiro atoms. The van der Waals surface area contributed by atoms with E-state index in [0.717, 1.165) is 5.56 Å². The SMILES string of the molecule is CC(C)C[C@H](NC(=O)[C@H](Cc1ccccc1)NC(=O)CCl)C(=O)NCC(=O)O. The summed E-state index contributed by atoms with van der Waals surface area (Å²) in [6.45, 7) is 3.21. The van der Waals surface area contributed by atoms with E-state index >= 15 is 0 Å².